The van der Waals surface area contributed by atoms with Gasteiger partial charge in [-0.1, -0.05) is 74.1 Å². The Morgan fingerprint density at radius 1 is 1.07 bits per heavy atom. The van der Waals surface area contributed by atoms with E-state index < -0.39 is 6.36 Å². The van der Waals surface area contributed by atoms with Gasteiger partial charge in [-0.05, 0) is 53.8 Å². The molecule has 40 heavy (non-hydrogen) atoms. The van der Waals surface area contributed by atoms with Crippen LogP contribution in [0.3, 0.4) is 0 Å². The van der Waals surface area contributed by atoms with Gasteiger partial charge in [-0.25, -0.2) is 0 Å². The molecule has 4 aromatic rings. The van der Waals surface area contributed by atoms with Crippen molar-refractivity contribution in [1.29, 1.82) is 0 Å². The molecule has 0 saturated carbocycles. The van der Waals surface area contributed by atoms with Crippen LogP contribution in [-0.4, -0.2) is 45.8 Å². The number of alkyl halides is 3. The minimum atomic E-state index is -4.75. The first kappa shape index (κ1) is 28.9. The van der Waals surface area contributed by atoms with Gasteiger partial charge < -0.3 is 10.1 Å². The molecule has 208 valence electrons. The summed E-state index contributed by atoms with van der Waals surface area (Å²) < 4.78 is 42.8. The van der Waals surface area contributed by atoms with Gasteiger partial charge in [0.15, 0.2) is 5.82 Å². The Bertz CT molecular complexity index is 1490. The van der Waals surface area contributed by atoms with Crippen LogP contribution in [0.25, 0.3) is 17.1 Å². The van der Waals surface area contributed by atoms with Crippen molar-refractivity contribution in [3.8, 4) is 22.8 Å². The maximum absolute atomic E-state index is 12.5. The van der Waals surface area contributed by atoms with Gasteiger partial charge >= 0.3 is 6.36 Å². The topological polar surface area (TPSA) is 64.3 Å². The van der Waals surface area contributed by atoms with E-state index in [1.807, 2.05) is 24.3 Å². The van der Waals surface area contributed by atoms with E-state index in [0.29, 0.717) is 29.9 Å². The maximum atomic E-state index is 12.5. The van der Waals surface area contributed by atoms with Crippen molar-refractivity contribution in [2.45, 2.75) is 39.5 Å². The molecule has 0 aliphatic rings. The molecule has 6 nitrogen and oxygen atoms in total. The van der Waals surface area contributed by atoms with Crippen molar-refractivity contribution in [1.82, 2.24) is 14.8 Å². The monoisotopic (exact) mass is 565 g/mol. The number of aliphatic imine (C=N–C) groups is 1. The summed E-state index contributed by atoms with van der Waals surface area (Å²) in [6.07, 6.45) is -2.23. The van der Waals surface area contributed by atoms with Crippen LogP contribution in [0.4, 0.5) is 19.1 Å². The maximum Gasteiger partial charge on any atom is 0.573 e. The first-order valence-electron chi connectivity index (χ1n) is 12.7. The van der Waals surface area contributed by atoms with Gasteiger partial charge in [0, 0.05) is 30.1 Å². The van der Waals surface area contributed by atoms with Gasteiger partial charge in [-0.3, -0.25) is 4.99 Å². The second-order valence-electron chi connectivity index (χ2n) is 9.63. The zero-order chi connectivity index (χ0) is 28.9. The van der Waals surface area contributed by atoms with Crippen LogP contribution >= 0.6 is 12.2 Å². The highest BCUT2D eigenvalue weighted by Gasteiger charge is 2.31. The minimum Gasteiger partial charge on any atom is -0.406 e. The largest absolute Gasteiger partial charge is 0.573 e. The highest BCUT2D eigenvalue weighted by molar-refractivity contribution is 7.80. The normalized spacial score (nSPS) is 11.8. The number of benzene rings is 3. The second kappa shape index (κ2) is 12.4. The number of ether oxygens (including phenoxy) is 1. The van der Waals surface area contributed by atoms with Crippen LogP contribution in [-0.2, 0) is 6.42 Å². The zero-order valence-electron chi connectivity index (χ0n) is 22.7. The van der Waals surface area contributed by atoms with Crippen molar-refractivity contribution in [2.24, 2.45) is 4.99 Å². The molecule has 10 heteroatoms. The number of aryl methyl sites for hydroxylation is 1. The van der Waals surface area contributed by atoms with E-state index in [4.69, 9.17) is 12.2 Å². The Balaban J connectivity index is 1.41. The van der Waals surface area contributed by atoms with Gasteiger partial charge in [-0.2, -0.15) is 9.67 Å². The Labute approximate surface area is 236 Å². The SMILES string of the molecule is CNc1nc(-c2ccc(C=NCC(=S)Cc3cc(C)ccc3C(C)C)cc2)nn1-c1ccc(OC(F)(F)F)cc1. The molecule has 1 aromatic heterocycles. The number of nitrogens with one attached hydrogen (secondary N) is 1. The van der Waals surface area contributed by atoms with Gasteiger partial charge in [0.2, 0.25) is 5.95 Å². The molecular formula is C30H30F3N5OS. The number of hydrogen-bond donors (Lipinski definition) is 1. The Kier molecular flexibility index (Phi) is 8.99. The summed E-state index contributed by atoms with van der Waals surface area (Å²) in [5, 5.41) is 7.50. The lowest BCUT2D eigenvalue weighted by atomic mass is 9.93. The van der Waals surface area contributed by atoms with E-state index in [0.717, 1.165) is 22.4 Å². The highest BCUT2D eigenvalue weighted by Crippen LogP contribution is 2.26. The first-order valence-corrected chi connectivity index (χ1v) is 13.2. The van der Waals surface area contributed by atoms with Crippen molar-refractivity contribution >= 4 is 29.2 Å². The second-order valence-corrected chi connectivity index (χ2v) is 10.2. The van der Waals surface area contributed by atoms with Gasteiger partial charge in [0.05, 0.1) is 12.2 Å². The van der Waals surface area contributed by atoms with E-state index >= 15 is 0 Å². The predicted octanol–water partition coefficient (Wildman–Crippen LogP) is 7.34. The van der Waals surface area contributed by atoms with Crippen LogP contribution in [0.5, 0.6) is 5.75 Å². The lowest BCUT2D eigenvalue weighted by Crippen LogP contribution is -2.17. The molecule has 0 amide bonds. The molecule has 0 saturated heterocycles. The van der Waals surface area contributed by atoms with Crippen LogP contribution < -0.4 is 10.1 Å². The predicted molar refractivity (Wildman–Crippen MR) is 157 cm³/mol. The third kappa shape index (κ3) is 7.53. The van der Waals surface area contributed by atoms with Crippen LogP contribution in [0.1, 0.15) is 42.0 Å². The van der Waals surface area contributed by atoms with E-state index in [1.165, 1.54) is 45.6 Å². The molecule has 1 heterocycles. The van der Waals surface area contributed by atoms with Crippen molar-refractivity contribution in [2.75, 3.05) is 18.9 Å². The fraction of sp³-hybridized carbons (Fsp3) is 0.267. The van der Waals surface area contributed by atoms with E-state index in [9.17, 15) is 13.2 Å². The van der Waals surface area contributed by atoms with E-state index in [-0.39, 0.29) is 5.75 Å². The summed E-state index contributed by atoms with van der Waals surface area (Å²) in [4.78, 5) is 9.94. The third-order valence-electron chi connectivity index (χ3n) is 6.13. The van der Waals surface area contributed by atoms with Gasteiger partial charge in [-0.15, -0.1) is 18.3 Å². The fourth-order valence-electron chi connectivity index (χ4n) is 4.26. The summed E-state index contributed by atoms with van der Waals surface area (Å²) in [5.74, 6) is 1.02. The number of anilines is 1. The lowest BCUT2D eigenvalue weighted by molar-refractivity contribution is -0.274. The number of aromatic nitrogens is 3. The number of thiocarbonyl (C=S) groups is 1. The molecule has 0 fully saturated rings. The summed E-state index contributed by atoms with van der Waals surface area (Å²) in [6, 6.07) is 19.6. The highest BCUT2D eigenvalue weighted by atomic mass is 32.1. The zero-order valence-corrected chi connectivity index (χ0v) is 23.5. The summed E-state index contributed by atoms with van der Waals surface area (Å²) in [6.45, 7) is 6.93. The molecular weight excluding hydrogens is 535 g/mol. The number of halogens is 3. The third-order valence-corrected chi connectivity index (χ3v) is 6.40. The first-order chi connectivity index (χ1) is 19.0. The molecule has 3 aromatic carbocycles. The average Bonchev–Trinajstić information content (AvgIpc) is 3.33. The smallest absolute Gasteiger partial charge is 0.406 e. The molecule has 4 rings (SSSR count). The Hall–Kier alpha value is -4.05. The molecule has 0 aliphatic heterocycles. The fourth-order valence-corrected chi connectivity index (χ4v) is 4.49. The summed E-state index contributed by atoms with van der Waals surface area (Å²) in [7, 11) is 1.69. The molecule has 0 bridgehead atoms. The van der Waals surface area contributed by atoms with Crippen LogP contribution in [0, 0.1) is 6.92 Å². The molecule has 0 radical (unpaired) electrons. The summed E-state index contributed by atoms with van der Waals surface area (Å²) in [5.41, 5.74) is 6.03. The molecule has 0 atom stereocenters. The molecule has 0 aliphatic carbocycles. The molecule has 1 N–H and O–H groups in total. The van der Waals surface area contributed by atoms with Crippen molar-refractivity contribution < 1.29 is 17.9 Å². The quantitative estimate of drug-likeness (QED) is 0.161. The van der Waals surface area contributed by atoms with Crippen LogP contribution in [0.15, 0.2) is 71.7 Å². The standard InChI is InChI=1S/C30H30F3N5OS/c1-19(2)27-14-5-20(3)15-23(27)16-26(40)18-35-17-21-6-8-22(9-7-21)28-36-29(34-4)38(37-28)24-10-12-25(13-11-24)39-30(31,32)33/h5-15,17,19H,16,18H2,1-4H3,(H,34,36,37). The number of hydrogen-bond acceptors (Lipinski definition) is 6. The number of nitrogens with zero attached hydrogens (tertiary/aromatic N) is 4. The average molecular weight is 566 g/mol. The molecule has 0 unspecified atom stereocenters. The Morgan fingerprint density at radius 2 is 1.77 bits per heavy atom. The lowest BCUT2D eigenvalue weighted by Gasteiger charge is -2.13. The Morgan fingerprint density at radius 3 is 2.40 bits per heavy atom. The number of rotatable bonds is 10. The van der Waals surface area contributed by atoms with Crippen molar-refractivity contribution in [3.05, 3.63) is 89.0 Å². The van der Waals surface area contributed by atoms with Crippen LogP contribution in [0.2, 0.25) is 0 Å². The van der Waals surface area contributed by atoms with E-state index in [2.05, 4.69) is 64.1 Å². The van der Waals surface area contributed by atoms with Crippen molar-refractivity contribution in [3.63, 3.8) is 0 Å². The molecule has 0 spiro atoms. The van der Waals surface area contributed by atoms with E-state index in [1.54, 1.807) is 13.3 Å². The van der Waals surface area contributed by atoms with Gasteiger partial charge in [0.25, 0.3) is 0 Å². The minimum absolute atomic E-state index is 0.309. The van der Waals surface area contributed by atoms with Gasteiger partial charge in [0.1, 0.15) is 5.75 Å². The summed E-state index contributed by atoms with van der Waals surface area (Å²) >= 11 is 5.63.